The molecule has 1 atom stereocenters. The van der Waals surface area contributed by atoms with Gasteiger partial charge in [-0.25, -0.2) is 0 Å². The Balaban J connectivity index is 1.40. The average molecular weight is 405 g/mol. The normalized spacial score (nSPS) is 16.3. The van der Waals surface area contributed by atoms with E-state index in [0.29, 0.717) is 18.8 Å². The number of carbonyl (C=O) groups is 2. The van der Waals surface area contributed by atoms with Crippen molar-refractivity contribution >= 4 is 17.5 Å². The van der Waals surface area contributed by atoms with Crippen LogP contribution in [0.5, 0.6) is 0 Å². The second-order valence-electron chi connectivity index (χ2n) is 7.38. The van der Waals surface area contributed by atoms with E-state index in [1.165, 1.54) is 10.6 Å². The highest BCUT2D eigenvalue weighted by Crippen LogP contribution is 2.21. The summed E-state index contributed by atoms with van der Waals surface area (Å²) in [4.78, 5) is 39.0. The first kappa shape index (κ1) is 19.7. The van der Waals surface area contributed by atoms with Gasteiger partial charge in [0.1, 0.15) is 5.76 Å². The van der Waals surface area contributed by atoms with E-state index in [-0.39, 0.29) is 35.6 Å². The van der Waals surface area contributed by atoms with Crippen LogP contribution < -0.4 is 10.9 Å². The number of benzene rings is 1. The minimum absolute atomic E-state index is 0.0812. The topological polar surface area (TPSA) is 84.5 Å². The smallest absolute Gasteiger partial charge is 0.289 e. The third-order valence-electron chi connectivity index (χ3n) is 5.22. The number of amides is 2. The maximum absolute atomic E-state index is 12.9. The Morgan fingerprint density at radius 3 is 2.63 bits per heavy atom. The highest BCUT2D eigenvalue weighted by molar-refractivity contribution is 5.95. The molecule has 1 fully saturated rings. The lowest BCUT2D eigenvalue weighted by atomic mass is 9.96. The summed E-state index contributed by atoms with van der Waals surface area (Å²) < 4.78 is 7.21. The zero-order chi connectivity index (χ0) is 20.9. The van der Waals surface area contributed by atoms with Gasteiger partial charge in [0.2, 0.25) is 5.91 Å². The number of piperidine rings is 1. The van der Waals surface area contributed by atoms with Gasteiger partial charge in [-0.05, 0) is 43.2 Å². The number of hydrogen-bond donors (Lipinski definition) is 1. The summed E-state index contributed by atoms with van der Waals surface area (Å²) in [6.07, 6.45) is 3.17. The second kappa shape index (κ2) is 8.82. The van der Waals surface area contributed by atoms with Crippen LogP contribution in [0.2, 0.25) is 0 Å². The molecule has 1 unspecified atom stereocenters. The van der Waals surface area contributed by atoms with Crippen molar-refractivity contribution in [1.82, 2.24) is 9.47 Å². The Labute approximate surface area is 173 Å². The maximum Gasteiger partial charge on any atom is 0.289 e. The van der Waals surface area contributed by atoms with Crippen molar-refractivity contribution in [3.8, 4) is 0 Å². The lowest BCUT2D eigenvalue weighted by Gasteiger charge is -2.31. The fourth-order valence-electron chi connectivity index (χ4n) is 3.63. The molecule has 154 valence electrons. The van der Waals surface area contributed by atoms with Crippen LogP contribution in [0.15, 0.2) is 76.1 Å². The van der Waals surface area contributed by atoms with Crippen molar-refractivity contribution in [2.45, 2.75) is 19.4 Å². The summed E-state index contributed by atoms with van der Waals surface area (Å²) in [6, 6.07) is 17.6. The largest absolute Gasteiger partial charge is 0.454 e. The summed E-state index contributed by atoms with van der Waals surface area (Å²) in [5.74, 6) is 0.168. The van der Waals surface area contributed by atoms with Crippen molar-refractivity contribution in [2.24, 2.45) is 5.92 Å². The molecule has 0 aliphatic carbocycles. The molecule has 0 bridgehead atoms. The Morgan fingerprint density at radius 2 is 1.83 bits per heavy atom. The van der Waals surface area contributed by atoms with Gasteiger partial charge in [0, 0.05) is 31.0 Å². The first-order valence-corrected chi connectivity index (χ1v) is 9.99. The third-order valence-corrected chi connectivity index (χ3v) is 5.22. The minimum Gasteiger partial charge on any atom is -0.454 e. The number of likely N-dealkylation sites (tertiary alicyclic amines) is 1. The molecule has 7 nitrogen and oxygen atoms in total. The van der Waals surface area contributed by atoms with E-state index in [4.69, 9.17) is 4.42 Å². The molecule has 1 N–H and O–H groups in total. The van der Waals surface area contributed by atoms with Crippen LogP contribution in [-0.4, -0.2) is 34.4 Å². The molecule has 1 aliphatic heterocycles. The van der Waals surface area contributed by atoms with Gasteiger partial charge in [0.05, 0.1) is 12.5 Å². The number of carbonyl (C=O) groups excluding carboxylic acids is 2. The first-order valence-electron chi connectivity index (χ1n) is 9.99. The zero-order valence-electron chi connectivity index (χ0n) is 16.5. The Kier molecular flexibility index (Phi) is 5.79. The molecule has 30 heavy (non-hydrogen) atoms. The fraction of sp³-hybridized carbons (Fsp3) is 0.261. The van der Waals surface area contributed by atoms with Gasteiger partial charge in [-0.3, -0.25) is 14.4 Å². The summed E-state index contributed by atoms with van der Waals surface area (Å²) >= 11 is 0. The fourth-order valence-corrected chi connectivity index (χ4v) is 3.63. The van der Waals surface area contributed by atoms with Crippen molar-refractivity contribution < 1.29 is 14.0 Å². The van der Waals surface area contributed by atoms with Crippen LogP contribution in [0, 0.1) is 5.92 Å². The van der Waals surface area contributed by atoms with E-state index < -0.39 is 0 Å². The van der Waals surface area contributed by atoms with Crippen molar-refractivity contribution in [1.29, 1.82) is 0 Å². The number of pyridine rings is 1. The number of anilines is 1. The molecule has 7 heteroatoms. The molecular weight excluding hydrogens is 382 g/mol. The Morgan fingerprint density at radius 1 is 1.03 bits per heavy atom. The van der Waals surface area contributed by atoms with Crippen LogP contribution in [0.3, 0.4) is 0 Å². The molecule has 1 saturated heterocycles. The standard InChI is InChI=1S/C23H23N3O4/c27-21-10-4-5-13-25(21)16-19-11-12-20(30-19)23(29)26-14-6-7-17(15-26)22(28)24-18-8-2-1-3-9-18/h1-5,8-13,17H,6-7,14-16H2,(H,24,28). The van der Waals surface area contributed by atoms with Gasteiger partial charge in [0.15, 0.2) is 5.76 Å². The molecular formula is C23H23N3O4. The summed E-state index contributed by atoms with van der Waals surface area (Å²) in [6.45, 7) is 1.20. The Hall–Kier alpha value is -3.61. The molecule has 0 radical (unpaired) electrons. The molecule has 4 rings (SSSR count). The number of hydrogen-bond acceptors (Lipinski definition) is 4. The van der Waals surface area contributed by atoms with Crippen LogP contribution in [0.4, 0.5) is 5.69 Å². The van der Waals surface area contributed by atoms with Crippen molar-refractivity contribution in [3.63, 3.8) is 0 Å². The Bertz CT molecular complexity index is 1090. The number of para-hydroxylation sites is 1. The molecule has 0 saturated carbocycles. The highest BCUT2D eigenvalue weighted by Gasteiger charge is 2.30. The third kappa shape index (κ3) is 4.51. The number of rotatable bonds is 5. The van der Waals surface area contributed by atoms with Crippen LogP contribution in [0.1, 0.15) is 29.2 Å². The lowest BCUT2D eigenvalue weighted by molar-refractivity contribution is -0.121. The van der Waals surface area contributed by atoms with Crippen LogP contribution >= 0.6 is 0 Å². The predicted molar refractivity (Wildman–Crippen MR) is 112 cm³/mol. The average Bonchev–Trinajstić information content (AvgIpc) is 3.24. The lowest BCUT2D eigenvalue weighted by Crippen LogP contribution is -2.43. The van der Waals surface area contributed by atoms with E-state index in [0.717, 1.165) is 18.5 Å². The van der Waals surface area contributed by atoms with Crippen LogP contribution in [-0.2, 0) is 11.3 Å². The van der Waals surface area contributed by atoms with Gasteiger partial charge in [-0.15, -0.1) is 0 Å². The number of nitrogens with one attached hydrogen (secondary N) is 1. The SMILES string of the molecule is O=C(Nc1ccccc1)C1CCCN(C(=O)c2ccc(Cn3ccccc3=O)o2)C1. The van der Waals surface area contributed by atoms with Crippen molar-refractivity contribution in [2.75, 3.05) is 18.4 Å². The second-order valence-corrected chi connectivity index (χ2v) is 7.38. The quantitative estimate of drug-likeness (QED) is 0.707. The van der Waals surface area contributed by atoms with Gasteiger partial charge in [-0.1, -0.05) is 24.3 Å². The molecule has 2 aromatic heterocycles. The predicted octanol–water partition coefficient (Wildman–Crippen LogP) is 2.98. The first-order chi connectivity index (χ1) is 14.6. The minimum atomic E-state index is -0.264. The number of furan rings is 1. The summed E-state index contributed by atoms with van der Waals surface area (Å²) in [5, 5.41) is 2.91. The van der Waals surface area contributed by atoms with Crippen LogP contribution in [0.25, 0.3) is 0 Å². The summed E-state index contributed by atoms with van der Waals surface area (Å²) in [7, 11) is 0. The number of nitrogens with zero attached hydrogens (tertiary/aromatic N) is 2. The molecule has 3 heterocycles. The zero-order valence-corrected chi connectivity index (χ0v) is 16.5. The van der Waals surface area contributed by atoms with E-state index in [9.17, 15) is 14.4 Å². The molecule has 2 amide bonds. The van der Waals surface area contributed by atoms with E-state index in [2.05, 4.69) is 5.32 Å². The van der Waals surface area contributed by atoms with Crippen molar-refractivity contribution in [3.05, 3.63) is 88.7 Å². The molecule has 0 spiro atoms. The molecule has 3 aromatic rings. The van der Waals surface area contributed by atoms with Gasteiger partial charge in [0.25, 0.3) is 11.5 Å². The number of aromatic nitrogens is 1. The molecule has 1 aliphatic rings. The summed E-state index contributed by atoms with van der Waals surface area (Å²) in [5.41, 5.74) is 0.614. The van der Waals surface area contributed by atoms with E-state index in [1.807, 2.05) is 30.3 Å². The van der Waals surface area contributed by atoms with Gasteiger partial charge < -0.3 is 19.2 Å². The maximum atomic E-state index is 12.9. The van der Waals surface area contributed by atoms with E-state index in [1.54, 1.807) is 35.4 Å². The molecule has 1 aromatic carbocycles. The highest BCUT2D eigenvalue weighted by atomic mass is 16.4. The monoisotopic (exact) mass is 405 g/mol. The van der Waals surface area contributed by atoms with Gasteiger partial charge >= 0.3 is 0 Å². The van der Waals surface area contributed by atoms with Gasteiger partial charge in [-0.2, -0.15) is 0 Å². The van der Waals surface area contributed by atoms with E-state index >= 15 is 0 Å².